The highest BCUT2D eigenvalue weighted by molar-refractivity contribution is 5.87. The molecule has 0 saturated carbocycles. The highest BCUT2D eigenvalue weighted by Crippen LogP contribution is 2.15. The summed E-state index contributed by atoms with van der Waals surface area (Å²) >= 11 is 0. The van der Waals surface area contributed by atoms with Crippen molar-refractivity contribution in [2.75, 3.05) is 13.7 Å². The fourth-order valence-corrected chi connectivity index (χ4v) is 2.85. The van der Waals surface area contributed by atoms with Crippen molar-refractivity contribution in [3.05, 3.63) is 65.2 Å². The summed E-state index contributed by atoms with van der Waals surface area (Å²) in [4.78, 5) is 26.5. The Morgan fingerprint density at radius 2 is 1.81 bits per heavy atom. The number of nitrogens with one attached hydrogen (secondary N) is 1. The first-order valence-corrected chi connectivity index (χ1v) is 9.23. The van der Waals surface area contributed by atoms with Crippen LogP contribution in [-0.4, -0.2) is 36.4 Å². The SMILES string of the molecule is CCc1ccc(OCC(=O)N(Cc2cccc(C)c2)[C@@H](C)C(=O)NC)cc1. The zero-order valence-electron chi connectivity index (χ0n) is 16.5. The molecule has 0 radical (unpaired) electrons. The van der Waals surface area contributed by atoms with E-state index in [4.69, 9.17) is 4.74 Å². The monoisotopic (exact) mass is 368 g/mol. The number of nitrogens with zero attached hydrogens (tertiary/aromatic N) is 1. The Bertz CT molecular complexity index is 771. The summed E-state index contributed by atoms with van der Waals surface area (Å²) in [6, 6.07) is 15.0. The van der Waals surface area contributed by atoms with E-state index in [9.17, 15) is 9.59 Å². The zero-order valence-corrected chi connectivity index (χ0v) is 16.5. The van der Waals surface area contributed by atoms with Gasteiger partial charge in [0, 0.05) is 13.6 Å². The van der Waals surface area contributed by atoms with Crippen molar-refractivity contribution in [1.82, 2.24) is 10.2 Å². The molecule has 5 nitrogen and oxygen atoms in total. The summed E-state index contributed by atoms with van der Waals surface area (Å²) in [5.74, 6) is 0.208. The van der Waals surface area contributed by atoms with Gasteiger partial charge in [0.15, 0.2) is 6.61 Å². The van der Waals surface area contributed by atoms with Crippen molar-refractivity contribution in [3.63, 3.8) is 0 Å². The maximum absolute atomic E-state index is 12.8. The lowest BCUT2D eigenvalue weighted by Crippen LogP contribution is -2.48. The largest absolute Gasteiger partial charge is 0.484 e. The van der Waals surface area contributed by atoms with Gasteiger partial charge in [-0.15, -0.1) is 0 Å². The van der Waals surface area contributed by atoms with Crippen LogP contribution < -0.4 is 10.1 Å². The molecule has 2 aromatic carbocycles. The second-order valence-corrected chi connectivity index (χ2v) is 6.59. The van der Waals surface area contributed by atoms with E-state index in [1.165, 1.54) is 5.56 Å². The van der Waals surface area contributed by atoms with Crippen molar-refractivity contribution in [3.8, 4) is 5.75 Å². The Hall–Kier alpha value is -2.82. The van der Waals surface area contributed by atoms with Crippen molar-refractivity contribution in [1.29, 1.82) is 0 Å². The minimum atomic E-state index is -0.589. The summed E-state index contributed by atoms with van der Waals surface area (Å²) in [7, 11) is 1.57. The normalized spacial score (nSPS) is 11.6. The minimum Gasteiger partial charge on any atom is -0.484 e. The minimum absolute atomic E-state index is 0.112. The third-order valence-corrected chi connectivity index (χ3v) is 4.54. The van der Waals surface area contributed by atoms with Gasteiger partial charge in [0.05, 0.1) is 0 Å². The molecule has 2 rings (SSSR count). The van der Waals surface area contributed by atoms with Gasteiger partial charge in [-0.1, -0.05) is 48.9 Å². The maximum atomic E-state index is 12.8. The molecule has 1 N–H and O–H groups in total. The van der Waals surface area contributed by atoms with Gasteiger partial charge < -0.3 is 15.0 Å². The number of rotatable bonds is 8. The first kappa shape index (κ1) is 20.5. The molecule has 0 aliphatic carbocycles. The fraction of sp³-hybridized carbons (Fsp3) is 0.364. The van der Waals surface area contributed by atoms with Crippen LogP contribution in [-0.2, 0) is 22.6 Å². The van der Waals surface area contributed by atoms with E-state index in [0.29, 0.717) is 12.3 Å². The standard InChI is InChI=1S/C22H28N2O3/c1-5-18-9-11-20(12-10-18)27-15-21(25)24(17(3)22(26)23-4)14-19-8-6-7-16(2)13-19/h6-13,17H,5,14-15H2,1-4H3,(H,23,26)/t17-/m0/s1. The molecule has 0 aliphatic heterocycles. The Labute approximate surface area is 161 Å². The van der Waals surface area contributed by atoms with Gasteiger partial charge in [-0.3, -0.25) is 9.59 Å². The van der Waals surface area contributed by atoms with E-state index in [0.717, 1.165) is 17.5 Å². The molecule has 5 heteroatoms. The topological polar surface area (TPSA) is 58.6 Å². The third kappa shape index (κ3) is 5.84. The molecule has 2 aromatic rings. The number of hydrogen-bond donors (Lipinski definition) is 1. The Morgan fingerprint density at radius 3 is 2.41 bits per heavy atom. The molecule has 0 bridgehead atoms. The van der Waals surface area contributed by atoms with Gasteiger partial charge in [-0.25, -0.2) is 0 Å². The third-order valence-electron chi connectivity index (χ3n) is 4.54. The molecule has 27 heavy (non-hydrogen) atoms. The van der Waals surface area contributed by atoms with Crippen LogP contribution >= 0.6 is 0 Å². The number of ether oxygens (including phenoxy) is 1. The van der Waals surface area contributed by atoms with E-state index in [2.05, 4.69) is 12.2 Å². The van der Waals surface area contributed by atoms with Crippen LogP contribution in [0.1, 0.15) is 30.5 Å². The van der Waals surface area contributed by atoms with Gasteiger partial charge in [-0.05, 0) is 43.5 Å². The summed E-state index contributed by atoms with van der Waals surface area (Å²) in [6.07, 6.45) is 0.952. The molecular formula is C22H28N2O3. The fourth-order valence-electron chi connectivity index (χ4n) is 2.85. The zero-order chi connectivity index (χ0) is 19.8. The smallest absolute Gasteiger partial charge is 0.261 e. The van der Waals surface area contributed by atoms with Crippen molar-refractivity contribution in [2.45, 2.75) is 39.8 Å². The summed E-state index contributed by atoms with van der Waals surface area (Å²) in [6.45, 7) is 6.05. The Morgan fingerprint density at radius 1 is 1.11 bits per heavy atom. The van der Waals surface area contributed by atoms with Gasteiger partial charge in [0.2, 0.25) is 5.91 Å². The van der Waals surface area contributed by atoms with Crippen LogP contribution in [0.2, 0.25) is 0 Å². The second-order valence-electron chi connectivity index (χ2n) is 6.59. The Kier molecular flexibility index (Phi) is 7.41. The lowest BCUT2D eigenvalue weighted by atomic mass is 10.1. The molecule has 2 amide bonds. The highest BCUT2D eigenvalue weighted by Gasteiger charge is 2.25. The summed E-state index contributed by atoms with van der Waals surface area (Å²) in [5.41, 5.74) is 3.30. The quantitative estimate of drug-likeness (QED) is 0.779. The van der Waals surface area contributed by atoms with E-state index < -0.39 is 6.04 Å². The van der Waals surface area contributed by atoms with Gasteiger partial charge >= 0.3 is 0 Å². The number of amides is 2. The van der Waals surface area contributed by atoms with Gasteiger partial charge in [0.25, 0.3) is 5.91 Å². The predicted molar refractivity (Wildman–Crippen MR) is 107 cm³/mol. The number of likely N-dealkylation sites (N-methyl/N-ethyl adjacent to an activating group) is 1. The van der Waals surface area contributed by atoms with Crippen molar-refractivity contribution < 1.29 is 14.3 Å². The van der Waals surface area contributed by atoms with E-state index >= 15 is 0 Å². The van der Waals surface area contributed by atoms with Crippen LogP contribution in [0.3, 0.4) is 0 Å². The van der Waals surface area contributed by atoms with Crippen molar-refractivity contribution >= 4 is 11.8 Å². The van der Waals surface area contributed by atoms with Gasteiger partial charge in [0.1, 0.15) is 11.8 Å². The first-order chi connectivity index (χ1) is 12.9. The molecule has 0 fully saturated rings. The Balaban J connectivity index is 2.10. The number of carbonyl (C=O) groups excluding carboxylic acids is 2. The lowest BCUT2D eigenvalue weighted by molar-refractivity contribution is -0.142. The molecule has 0 unspecified atom stereocenters. The maximum Gasteiger partial charge on any atom is 0.261 e. The number of benzene rings is 2. The average Bonchev–Trinajstić information content (AvgIpc) is 2.69. The number of carbonyl (C=O) groups is 2. The average molecular weight is 368 g/mol. The van der Waals surface area contributed by atoms with E-state index in [1.54, 1.807) is 18.9 Å². The summed E-state index contributed by atoms with van der Waals surface area (Å²) in [5, 5.41) is 2.61. The van der Waals surface area contributed by atoms with E-state index in [1.807, 2.05) is 55.5 Å². The molecule has 0 saturated heterocycles. The predicted octanol–water partition coefficient (Wildman–Crippen LogP) is 3.10. The molecular weight excluding hydrogens is 340 g/mol. The molecule has 0 aromatic heterocycles. The number of aryl methyl sites for hydroxylation is 2. The molecule has 0 heterocycles. The molecule has 1 atom stereocenters. The number of hydrogen-bond acceptors (Lipinski definition) is 3. The molecule has 0 spiro atoms. The van der Waals surface area contributed by atoms with E-state index in [-0.39, 0.29) is 18.4 Å². The van der Waals surface area contributed by atoms with Crippen molar-refractivity contribution in [2.24, 2.45) is 0 Å². The lowest BCUT2D eigenvalue weighted by Gasteiger charge is -2.28. The van der Waals surface area contributed by atoms with Crippen LogP contribution in [0.5, 0.6) is 5.75 Å². The van der Waals surface area contributed by atoms with Crippen LogP contribution in [0.15, 0.2) is 48.5 Å². The molecule has 0 aliphatic rings. The van der Waals surface area contributed by atoms with Crippen LogP contribution in [0.25, 0.3) is 0 Å². The highest BCUT2D eigenvalue weighted by atomic mass is 16.5. The van der Waals surface area contributed by atoms with Crippen LogP contribution in [0, 0.1) is 6.92 Å². The molecule has 144 valence electrons. The van der Waals surface area contributed by atoms with Crippen LogP contribution in [0.4, 0.5) is 0 Å². The first-order valence-electron chi connectivity index (χ1n) is 9.23. The second kappa shape index (κ2) is 9.76. The van der Waals surface area contributed by atoms with Gasteiger partial charge in [-0.2, -0.15) is 0 Å². The summed E-state index contributed by atoms with van der Waals surface area (Å²) < 4.78 is 5.65.